The van der Waals surface area contributed by atoms with Gasteiger partial charge in [0.25, 0.3) is 0 Å². The molecule has 0 radical (unpaired) electrons. The van der Waals surface area contributed by atoms with Crippen LogP contribution in [0.1, 0.15) is 24.0 Å². The zero-order valence-corrected chi connectivity index (χ0v) is 30.8. The average molecular weight is 786 g/mol. The van der Waals surface area contributed by atoms with Crippen LogP contribution in [0.15, 0.2) is 55.2 Å². The minimum atomic E-state index is -0.753. The minimum absolute atomic E-state index is 0.0668. The number of nitrogens with one attached hydrogen (secondary N) is 1. The summed E-state index contributed by atoms with van der Waals surface area (Å²) in [5.41, 5.74) is 3.77. The molecule has 3 saturated heterocycles. The quantitative estimate of drug-likeness (QED) is 0.137. The Labute approximate surface area is 322 Å². The Bertz CT molecular complexity index is 2560. The normalized spacial score (nSPS) is 15.4. The number of pyridine rings is 3. The zero-order chi connectivity index (χ0) is 39.2. The number of morpholine rings is 1. The first kappa shape index (κ1) is 36.9. The molecule has 9 rings (SSSR count). The molecular formula is C39H32ClF4N9O3. The van der Waals surface area contributed by atoms with Crippen LogP contribution in [0.25, 0.3) is 32.9 Å². The lowest BCUT2D eigenvalue weighted by atomic mass is 10.0. The van der Waals surface area contributed by atoms with Crippen molar-refractivity contribution in [1.29, 1.82) is 0 Å². The van der Waals surface area contributed by atoms with Crippen LogP contribution in [0.4, 0.5) is 46.4 Å². The van der Waals surface area contributed by atoms with E-state index in [1.807, 2.05) is 6.07 Å². The van der Waals surface area contributed by atoms with Gasteiger partial charge in [0.15, 0.2) is 0 Å². The van der Waals surface area contributed by atoms with Gasteiger partial charge in [-0.2, -0.15) is 0 Å². The van der Waals surface area contributed by atoms with Gasteiger partial charge in [-0.05, 0) is 13.8 Å². The Morgan fingerprint density at radius 2 is 1.30 bits per heavy atom. The number of aromatic nitrogens is 5. The summed E-state index contributed by atoms with van der Waals surface area (Å²) in [6.07, 6.45) is 7.36. The number of carbonyl (C=O) groups excluding carboxylic acids is 2. The third kappa shape index (κ3) is 6.79. The monoisotopic (exact) mass is 785 g/mol. The molecule has 6 aromatic rings. The summed E-state index contributed by atoms with van der Waals surface area (Å²) < 4.78 is 61.9. The second-order valence-corrected chi connectivity index (χ2v) is 13.8. The van der Waals surface area contributed by atoms with E-state index in [1.54, 1.807) is 32.4 Å². The van der Waals surface area contributed by atoms with E-state index in [-0.39, 0.29) is 38.6 Å². The number of hydrogen-bond donors (Lipinski definition) is 1. The number of ether oxygens (including phenoxy) is 1. The van der Waals surface area contributed by atoms with Crippen molar-refractivity contribution in [2.75, 3.05) is 59.4 Å². The fourth-order valence-corrected chi connectivity index (χ4v) is 7.09. The summed E-state index contributed by atoms with van der Waals surface area (Å²) in [4.78, 5) is 50.4. The lowest BCUT2D eigenvalue weighted by Gasteiger charge is -2.32. The van der Waals surface area contributed by atoms with Crippen LogP contribution in [-0.2, 0) is 14.3 Å². The molecule has 0 spiro atoms. The molecule has 0 atom stereocenters. The van der Waals surface area contributed by atoms with Gasteiger partial charge in [0, 0.05) is 110 Å². The topological polar surface area (TPSA) is 130 Å². The summed E-state index contributed by atoms with van der Waals surface area (Å²) >= 11 is 6.12. The number of benzene rings is 2. The van der Waals surface area contributed by atoms with E-state index in [9.17, 15) is 22.8 Å². The van der Waals surface area contributed by atoms with Crippen molar-refractivity contribution in [3.05, 3.63) is 94.7 Å². The minimum Gasteiger partial charge on any atom is -0.378 e. The first-order valence-electron chi connectivity index (χ1n) is 17.7. The third-order valence-corrected chi connectivity index (χ3v) is 10.4. The smallest absolute Gasteiger partial charge is 0.229 e. The number of β-lactam (4-membered cyclic amide) rings is 2. The molecule has 56 heavy (non-hydrogen) atoms. The fourth-order valence-electron chi connectivity index (χ4n) is 6.82. The van der Waals surface area contributed by atoms with Crippen LogP contribution in [0.3, 0.4) is 0 Å². The molecule has 0 bridgehead atoms. The molecule has 4 aromatic heterocycles. The van der Waals surface area contributed by atoms with Gasteiger partial charge in [-0.15, -0.1) is 0 Å². The van der Waals surface area contributed by atoms with Crippen LogP contribution in [0, 0.1) is 37.1 Å². The molecular weight excluding hydrogens is 754 g/mol. The molecule has 0 saturated carbocycles. The lowest BCUT2D eigenvalue weighted by molar-refractivity contribution is -0.122. The summed E-state index contributed by atoms with van der Waals surface area (Å²) in [6, 6.07) is 5.77. The van der Waals surface area contributed by atoms with Gasteiger partial charge in [-0.25, -0.2) is 42.5 Å². The molecule has 3 aliphatic heterocycles. The Morgan fingerprint density at radius 3 is 1.88 bits per heavy atom. The largest absolute Gasteiger partial charge is 0.378 e. The summed E-state index contributed by atoms with van der Waals surface area (Å²) in [5.74, 6) is -1.64. The van der Waals surface area contributed by atoms with Crippen LogP contribution < -0.4 is 20.0 Å². The molecule has 12 nitrogen and oxygen atoms in total. The number of halogens is 5. The fraction of sp³-hybridized carbons (Fsp3) is 0.256. The SMILES string of the molecule is Cc1c(N2CCC2=O)nc2cc(F)cc(F)c2c1Cl.Cc1c(N2CCC2=O)nc2cc(F)cc(F)c2c1Nc1cc(N2CCOCC2)ncc1-c1cncnc1. The first-order valence-corrected chi connectivity index (χ1v) is 18.1. The third-order valence-electron chi connectivity index (χ3n) is 9.93. The van der Waals surface area contributed by atoms with Gasteiger partial charge in [-0.3, -0.25) is 19.4 Å². The molecule has 17 heteroatoms. The van der Waals surface area contributed by atoms with Crippen molar-refractivity contribution in [3.8, 4) is 11.1 Å². The van der Waals surface area contributed by atoms with Crippen LogP contribution >= 0.6 is 11.6 Å². The molecule has 3 aliphatic rings. The molecule has 2 amide bonds. The predicted molar refractivity (Wildman–Crippen MR) is 203 cm³/mol. The predicted octanol–water partition coefficient (Wildman–Crippen LogP) is 7.20. The Morgan fingerprint density at radius 1 is 0.732 bits per heavy atom. The number of hydrogen-bond acceptors (Lipinski definition) is 10. The lowest BCUT2D eigenvalue weighted by Crippen LogP contribution is -2.44. The number of anilines is 5. The number of nitrogens with zero attached hydrogens (tertiary/aromatic N) is 8. The van der Waals surface area contributed by atoms with Crippen molar-refractivity contribution in [2.24, 2.45) is 0 Å². The molecule has 0 aliphatic carbocycles. The zero-order valence-electron chi connectivity index (χ0n) is 30.0. The van der Waals surface area contributed by atoms with E-state index in [0.29, 0.717) is 97.5 Å². The highest BCUT2D eigenvalue weighted by Gasteiger charge is 2.31. The summed E-state index contributed by atoms with van der Waals surface area (Å²) in [7, 11) is 0. The van der Waals surface area contributed by atoms with Crippen molar-refractivity contribution >= 4 is 74.0 Å². The Kier molecular flexibility index (Phi) is 9.84. The summed E-state index contributed by atoms with van der Waals surface area (Å²) in [5, 5.41) is 3.77. The van der Waals surface area contributed by atoms with Crippen LogP contribution in [-0.4, -0.2) is 76.1 Å². The maximum Gasteiger partial charge on any atom is 0.229 e. The highest BCUT2D eigenvalue weighted by atomic mass is 35.5. The van der Waals surface area contributed by atoms with Crippen molar-refractivity contribution < 1.29 is 31.9 Å². The first-order chi connectivity index (χ1) is 27.0. The van der Waals surface area contributed by atoms with E-state index in [0.717, 1.165) is 24.0 Å². The molecule has 1 N–H and O–H groups in total. The van der Waals surface area contributed by atoms with Crippen LogP contribution in [0.5, 0.6) is 0 Å². The highest BCUT2D eigenvalue weighted by molar-refractivity contribution is 6.36. The van der Waals surface area contributed by atoms with Crippen molar-refractivity contribution in [3.63, 3.8) is 0 Å². The molecule has 2 aromatic carbocycles. The van der Waals surface area contributed by atoms with Gasteiger partial charge in [0.2, 0.25) is 11.8 Å². The standard InChI is InChI=1S/C26H23F2N7O2.C13H9ClF2N2O/c1-15-25(24-19(28)8-17(27)9-21(24)33-26(15)35-3-2-23(35)36)32-20-10-22(34-4-6-37-7-5-34)31-13-18(20)16-11-29-14-30-12-16;1-6-12(14)11-8(16)4-7(15)5-9(11)17-13(6)18-3-2-10(18)19/h8-14H,2-7H2,1H3,(H,31,32,33);4-5H,2-3H2,1H3. The van der Waals surface area contributed by atoms with E-state index in [4.69, 9.17) is 16.3 Å². The Balaban J connectivity index is 0.000000194. The van der Waals surface area contributed by atoms with Crippen molar-refractivity contribution in [2.45, 2.75) is 26.7 Å². The van der Waals surface area contributed by atoms with E-state index >= 15 is 4.39 Å². The molecule has 0 unspecified atom stereocenters. The van der Waals surface area contributed by atoms with Gasteiger partial charge in [0.05, 0.1) is 51.4 Å². The van der Waals surface area contributed by atoms with Gasteiger partial charge in [0.1, 0.15) is 47.0 Å². The van der Waals surface area contributed by atoms with Crippen molar-refractivity contribution in [1.82, 2.24) is 24.9 Å². The van der Waals surface area contributed by atoms with Crippen LogP contribution in [0.2, 0.25) is 5.02 Å². The summed E-state index contributed by atoms with van der Waals surface area (Å²) in [6.45, 7) is 7.05. The number of fused-ring (bicyclic) bond motifs is 2. The highest BCUT2D eigenvalue weighted by Crippen LogP contribution is 2.41. The van der Waals surface area contributed by atoms with Gasteiger partial charge < -0.3 is 15.0 Å². The van der Waals surface area contributed by atoms with Gasteiger partial charge >= 0.3 is 0 Å². The number of rotatable bonds is 6. The average Bonchev–Trinajstić information content (AvgIpc) is 3.17. The number of amides is 2. The Hall–Kier alpha value is -6.00. The van der Waals surface area contributed by atoms with E-state index < -0.39 is 23.3 Å². The molecule has 286 valence electrons. The van der Waals surface area contributed by atoms with Gasteiger partial charge in [-0.1, -0.05) is 11.6 Å². The number of carbonyl (C=O) groups is 2. The molecule has 3 fully saturated rings. The second kappa shape index (κ2) is 14.9. The van der Waals surface area contributed by atoms with E-state index in [1.165, 1.54) is 22.2 Å². The van der Waals surface area contributed by atoms with E-state index in [2.05, 4.69) is 35.1 Å². The molecule has 7 heterocycles. The maximum absolute atomic E-state index is 15.2. The maximum atomic E-state index is 15.2. The second-order valence-electron chi connectivity index (χ2n) is 13.4.